The van der Waals surface area contributed by atoms with E-state index >= 15 is 0 Å². The average Bonchev–Trinajstić information content (AvgIpc) is 3.91. The molecule has 0 atom stereocenters. The van der Waals surface area contributed by atoms with Gasteiger partial charge in [-0.3, -0.25) is 0 Å². The van der Waals surface area contributed by atoms with Gasteiger partial charge in [0.25, 0.3) is 0 Å². The van der Waals surface area contributed by atoms with Gasteiger partial charge in [0, 0.05) is 49.1 Å². The van der Waals surface area contributed by atoms with Gasteiger partial charge in [-0.25, -0.2) is 9.97 Å². The van der Waals surface area contributed by atoms with E-state index in [0.717, 1.165) is 83.2 Å². The summed E-state index contributed by atoms with van der Waals surface area (Å²) in [5.74, 6) is 0. The van der Waals surface area contributed by atoms with Gasteiger partial charge in [0.2, 0.25) is 0 Å². The van der Waals surface area contributed by atoms with E-state index in [9.17, 15) is 0 Å². The van der Waals surface area contributed by atoms with Crippen molar-refractivity contribution in [1.82, 2.24) is 18.7 Å². The minimum atomic E-state index is 0.0862. The molecule has 3 heterocycles. The molecule has 0 amide bonds. The van der Waals surface area contributed by atoms with Gasteiger partial charge in [0.15, 0.2) is 0 Å². The predicted octanol–water partition coefficient (Wildman–Crippen LogP) is 13.7. The molecule has 0 bridgehead atoms. The Morgan fingerprint density at radius 1 is 0.473 bits per heavy atom. The van der Waals surface area contributed by atoms with E-state index in [2.05, 4.69) is 161 Å². The fourth-order valence-electron chi connectivity index (χ4n) is 7.18. The molecule has 0 aliphatic heterocycles. The quantitative estimate of drug-likeness (QED) is 0.162. The van der Waals surface area contributed by atoms with E-state index in [1.54, 1.807) is 11.3 Å². The van der Waals surface area contributed by atoms with E-state index in [1.807, 2.05) is 24.3 Å². The molecule has 0 N–H and O–H groups in total. The number of aromatic nitrogens is 4. The maximum Gasteiger partial charge on any atom is 0.116 e. The van der Waals surface area contributed by atoms with Gasteiger partial charge in [0.1, 0.15) is 16.6 Å². The van der Waals surface area contributed by atoms with Gasteiger partial charge in [-0.1, -0.05) is 123 Å². The summed E-state index contributed by atoms with van der Waals surface area (Å²) in [4.78, 5) is 15.4. The van der Waals surface area contributed by atoms with Gasteiger partial charge in [-0.15, -0.1) is 11.3 Å². The first kappa shape index (κ1) is 34.7. The molecule has 0 saturated heterocycles. The van der Waals surface area contributed by atoms with E-state index in [1.165, 1.54) is 27.7 Å². The Bertz CT molecular complexity index is 2780. The molecule has 55 heavy (non-hydrogen) atoms. The van der Waals surface area contributed by atoms with Crippen LogP contribution in [0.25, 0.3) is 65.5 Å². The fourth-order valence-corrected chi connectivity index (χ4v) is 8.84. The third-order valence-electron chi connectivity index (χ3n) is 10.2. The SMILES string of the molecule is Cc1ccc(N(c2ccc(-c3ccc(-c4c5nsnc5c(C)c5nc(-c6ccccc6)c(-c6ccccc6)nc45)s3)cc2)c2ccc(C(C)(C)C)cc2)cc1. The first-order valence-corrected chi connectivity index (χ1v) is 20.0. The zero-order valence-corrected chi connectivity index (χ0v) is 33.0. The molecule has 0 unspecified atom stereocenters. The highest BCUT2D eigenvalue weighted by atomic mass is 32.1. The normalized spacial score (nSPS) is 11.7. The number of benzene rings is 6. The van der Waals surface area contributed by atoms with Gasteiger partial charge in [0.05, 0.1) is 28.6 Å². The molecular weight excluding hydrogens is 711 g/mol. The Hall–Kier alpha value is -6.02. The Kier molecular flexibility index (Phi) is 8.84. The van der Waals surface area contributed by atoms with Crippen molar-refractivity contribution < 1.29 is 0 Å². The number of thiophene rings is 1. The van der Waals surface area contributed by atoms with Crippen molar-refractivity contribution in [1.29, 1.82) is 0 Å². The minimum absolute atomic E-state index is 0.0862. The van der Waals surface area contributed by atoms with Crippen LogP contribution in [-0.4, -0.2) is 18.7 Å². The second-order valence-electron chi connectivity index (χ2n) is 15.0. The van der Waals surface area contributed by atoms with Gasteiger partial charge < -0.3 is 4.90 Å². The Balaban J connectivity index is 1.14. The fraction of sp³-hybridized carbons (Fsp3) is 0.125. The predicted molar refractivity (Wildman–Crippen MR) is 233 cm³/mol. The number of rotatable bonds is 7. The van der Waals surface area contributed by atoms with Crippen LogP contribution in [0.4, 0.5) is 17.1 Å². The smallest absolute Gasteiger partial charge is 0.116 e. The first-order valence-electron chi connectivity index (χ1n) is 18.5. The van der Waals surface area contributed by atoms with E-state index in [0.29, 0.717) is 0 Å². The molecular formula is C48H39N5S2. The van der Waals surface area contributed by atoms with Crippen molar-refractivity contribution >= 4 is 62.2 Å². The number of hydrogen-bond acceptors (Lipinski definition) is 7. The highest BCUT2D eigenvalue weighted by Gasteiger charge is 2.24. The van der Waals surface area contributed by atoms with Crippen molar-refractivity contribution in [3.63, 3.8) is 0 Å². The Labute approximate surface area is 330 Å². The molecule has 6 aromatic carbocycles. The number of fused-ring (bicyclic) bond motifs is 2. The van der Waals surface area contributed by atoms with Crippen LogP contribution in [0, 0.1) is 13.8 Å². The lowest BCUT2D eigenvalue weighted by Crippen LogP contribution is -2.13. The van der Waals surface area contributed by atoms with Crippen LogP contribution in [0.15, 0.2) is 146 Å². The van der Waals surface area contributed by atoms with E-state index < -0.39 is 0 Å². The third kappa shape index (κ3) is 6.49. The summed E-state index contributed by atoms with van der Waals surface area (Å²) < 4.78 is 9.61. The highest BCUT2D eigenvalue weighted by molar-refractivity contribution is 7.19. The Morgan fingerprint density at radius 2 is 0.982 bits per heavy atom. The topological polar surface area (TPSA) is 54.8 Å². The lowest BCUT2D eigenvalue weighted by molar-refractivity contribution is 0.590. The largest absolute Gasteiger partial charge is 0.311 e. The lowest BCUT2D eigenvalue weighted by Gasteiger charge is -2.27. The van der Waals surface area contributed by atoms with Gasteiger partial charge >= 0.3 is 0 Å². The molecule has 3 aromatic heterocycles. The summed E-state index contributed by atoms with van der Waals surface area (Å²) in [6, 6.07) is 51.6. The van der Waals surface area contributed by atoms with Crippen LogP contribution in [0.2, 0.25) is 0 Å². The number of anilines is 3. The monoisotopic (exact) mass is 749 g/mol. The first-order chi connectivity index (χ1) is 26.7. The van der Waals surface area contributed by atoms with E-state index in [4.69, 9.17) is 18.7 Å². The zero-order chi connectivity index (χ0) is 37.7. The zero-order valence-electron chi connectivity index (χ0n) is 31.4. The van der Waals surface area contributed by atoms with Gasteiger partial charge in [-0.05, 0) is 78.9 Å². The van der Waals surface area contributed by atoms with Crippen molar-refractivity contribution in [2.45, 2.75) is 40.0 Å². The summed E-state index contributed by atoms with van der Waals surface area (Å²) in [5.41, 5.74) is 16.3. The molecule has 0 saturated carbocycles. The number of hydrogen-bond donors (Lipinski definition) is 0. The molecule has 268 valence electrons. The van der Waals surface area contributed by atoms with Crippen molar-refractivity contribution in [2.75, 3.05) is 4.90 Å². The average molecular weight is 750 g/mol. The van der Waals surface area contributed by atoms with Crippen LogP contribution in [0.1, 0.15) is 37.5 Å². The number of nitrogens with zero attached hydrogens (tertiary/aromatic N) is 5. The van der Waals surface area contributed by atoms with Crippen molar-refractivity contribution in [3.05, 3.63) is 162 Å². The maximum absolute atomic E-state index is 5.46. The van der Waals surface area contributed by atoms with E-state index in [-0.39, 0.29) is 5.41 Å². The standard InChI is InChI=1S/C48H39N5S2/c1-30-16-22-36(23-17-30)53(38-26-20-35(21-27-38)48(3,4)5)37-24-18-32(19-25-37)39-28-29-40(54-39)41-46-42(31(2)43-47(41)52-55-51-43)49-44(33-12-8-6-9-13-33)45(50-46)34-14-10-7-11-15-34/h6-29H,1-5H3. The summed E-state index contributed by atoms with van der Waals surface area (Å²) >= 11 is 2.99. The van der Waals surface area contributed by atoms with Crippen LogP contribution >= 0.6 is 23.1 Å². The second kappa shape index (κ2) is 14.0. The lowest BCUT2D eigenvalue weighted by atomic mass is 9.87. The molecule has 9 aromatic rings. The Morgan fingerprint density at radius 3 is 1.56 bits per heavy atom. The van der Waals surface area contributed by atoms with Crippen LogP contribution in [0.5, 0.6) is 0 Å². The summed E-state index contributed by atoms with van der Waals surface area (Å²) in [6.45, 7) is 11.0. The van der Waals surface area contributed by atoms with Crippen LogP contribution in [0.3, 0.4) is 0 Å². The molecule has 9 rings (SSSR count). The van der Waals surface area contributed by atoms with Gasteiger partial charge in [-0.2, -0.15) is 8.75 Å². The molecule has 0 spiro atoms. The highest BCUT2D eigenvalue weighted by Crippen LogP contribution is 2.44. The molecule has 0 aliphatic carbocycles. The van der Waals surface area contributed by atoms with Crippen LogP contribution < -0.4 is 4.90 Å². The molecule has 0 radical (unpaired) electrons. The second-order valence-corrected chi connectivity index (χ2v) is 16.6. The van der Waals surface area contributed by atoms with Crippen molar-refractivity contribution in [3.8, 4) is 43.4 Å². The summed E-state index contributed by atoms with van der Waals surface area (Å²) in [6.07, 6.45) is 0. The number of aryl methyl sites for hydroxylation is 2. The maximum atomic E-state index is 5.46. The summed E-state index contributed by atoms with van der Waals surface area (Å²) in [7, 11) is 0. The molecule has 0 fully saturated rings. The molecule has 5 nitrogen and oxygen atoms in total. The van der Waals surface area contributed by atoms with Crippen molar-refractivity contribution in [2.24, 2.45) is 0 Å². The minimum Gasteiger partial charge on any atom is -0.311 e. The summed E-state index contributed by atoms with van der Waals surface area (Å²) in [5, 5.41) is 0. The van der Waals surface area contributed by atoms with Crippen LogP contribution in [-0.2, 0) is 5.41 Å². The third-order valence-corrected chi connectivity index (χ3v) is 11.9. The molecule has 0 aliphatic rings. The molecule has 7 heteroatoms.